The summed E-state index contributed by atoms with van der Waals surface area (Å²) in [5, 5.41) is 11.6. The second kappa shape index (κ2) is 7.83. The highest BCUT2D eigenvalue weighted by Gasteiger charge is 2.23. The third-order valence-corrected chi connectivity index (χ3v) is 4.12. The number of carboxylic acids is 1. The number of aliphatic imine (C=N–C) groups is 1. The number of carboxylic acid groups (broad SMARTS) is 1. The van der Waals surface area contributed by atoms with Crippen LogP contribution in [0.15, 0.2) is 58.4 Å². The summed E-state index contributed by atoms with van der Waals surface area (Å²) in [6.07, 6.45) is 1.64. The lowest BCUT2D eigenvalue weighted by Crippen LogP contribution is -2.19. The van der Waals surface area contributed by atoms with E-state index in [1.165, 1.54) is 18.2 Å². The normalized spacial score (nSPS) is 16.7. The van der Waals surface area contributed by atoms with Gasteiger partial charge in [-0.25, -0.2) is 14.2 Å². The number of amidine groups is 1. The lowest BCUT2D eigenvalue weighted by molar-refractivity contribution is -0.139. The third kappa shape index (κ3) is 4.70. The molecule has 1 aliphatic rings. The second-order valence-corrected chi connectivity index (χ2v) is 6.25. The van der Waals surface area contributed by atoms with Crippen LogP contribution in [-0.2, 0) is 9.59 Å². The Morgan fingerprint density at radius 2 is 2.08 bits per heavy atom. The van der Waals surface area contributed by atoms with Gasteiger partial charge in [0, 0.05) is 0 Å². The molecule has 1 aliphatic heterocycles. The fourth-order valence-corrected chi connectivity index (χ4v) is 2.98. The molecule has 3 rings (SSSR count). The van der Waals surface area contributed by atoms with E-state index in [1.54, 1.807) is 36.4 Å². The lowest BCUT2D eigenvalue weighted by Gasteiger charge is -2.03. The number of carbonyl (C=O) groups excluding carboxylic acids is 1. The molecule has 0 atom stereocenters. The number of hydrogen-bond donors (Lipinski definition) is 2. The van der Waals surface area contributed by atoms with Crippen molar-refractivity contribution in [2.45, 2.75) is 0 Å². The van der Waals surface area contributed by atoms with Gasteiger partial charge in [-0.15, -0.1) is 0 Å². The fourth-order valence-electron chi connectivity index (χ4n) is 2.13. The number of ether oxygens (including phenoxy) is 1. The maximum atomic E-state index is 13.2. The van der Waals surface area contributed by atoms with Gasteiger partial charge in [0.15, 0.2) is 11.8 Å². The zero-order chi connectivity index (χ0) is 18.5. The first-order chi connectivity index (χ1) is 12.5. The molecule has 1 fully saturated rings. The van der Waals surface area contributed by atoms with Crippen molar-refractivity contribution in [3.63, 3.8) is 0 Å². The third-order valence-electron chi connectivity index (χ3n) is 3.21. The molecule has 0 bridgehead atoms. The summed E-state index contributed by atoms with van der Waals surface area (Å²) in [5.41, 5.74) is 1.08. The molecule has 1 heterocycles. The van der Waals surface area contributed by atoms with Crippen molar-refractivity contribution in [1.29, 1.82) is 0 Å². The minimum atomic E-state index is -1.07. The molecule has 1 saturated heterocycles. The van der Waals surface area contributed by atoms with Crippen LogP contribution >= 0.6 is 11.8 Å². The van der Waals surface area contributed by atoms with Gasteiger partial charge in [-0.2, -0.15) is 0 Å². The molecule has 132 valence electrons. The lowest BCUT2D eigenvalue weighted by atomic mass is 10.2. The maximum Gasteiger partial charge on any atom is 0.341 e. The summed E-state index contributed by atoms with van der Waals surface area (Å²) in [6, 6.07) is 12.5. The van der Waals surface area contributed by atoms with Crippen LogP contribution in [0.25, 0.3) is 6.08 Å². The highest BCUT2D eigenvalue weighted by atomic mass is 32.2. The number of thioether (sulfide) groups is 1. The molecule has 26 heavy (non-hydrogen) atoms. The Labute approximate surface area is 152 Å². The van der Waals surface area contributed by atoms with E-state index in [1.807, 2.05) is 0 Å². The van der Waals surface area contributed by atoms with Crippen molar-refractivity contribution < 1.29 is 23.8 Å². The van der Waals surface area contributed by atoms with Crippen molar-refractivity contribution in [3.05, 3.63) is 64.8 Å². The molecule has 0 radical (unpaired) electrons. The molecule has 2 aromatic rings. The molecule has 0 spiro atoms. The summed E-state index contributed by atoms with van der Waals surface area (Å²) in [7, 11) is 0. The van der Waals surface area contributed by atoms with Crippen molar-refractivity contribution in [2.24, 2.45) is 4.99 Å². The number of carbonyl (C=O) groups is 2. The molecule has 8 heteroatoms. The van der Waals surface area contributed by atoms with E-state index in [0.29, 0.717) is 27.1 Å². The highest BCUT2D eigenvalue weighted by Crippen LogP contribution is 2.28. The molecule has 0 aliphatic carbocycles. The average Bonchev–Trinajstić information content (AvgIpc) is 2.92. The maximum absolute atomic E-state index is 13.2. The zero-order valence-corrected chi connectivity index (χ0v) is 14.1. The van der Waals surface area contributed by atoms with E-state index < -0.39 is 18.4 Å². The Morgan fingerprint density at radius 1 is 1.27 bits per heavy atom. The fraction of sp³-hybridized carbons (Fsp3) is 0.0556. The second-order valence-electron chi connectivity index (χ2n) is 5.22. The van der Waals surface area contributed by atoms with Gasteiger partial charge in [-0.05, 0) is 53.7 Å². The summed E-state index contributed by atoms with van der Waals surface area (Å²) in [6.45, 7) is -0.445. The minimum Gasteiger partial charge on any atom is -0.482 e. The standard InChI is InChI=1S/C18H13FN2O4S/c19-12-4-2-5-13(9-12)20-18-21-17(24)15(26-18)8-11-3-1-6-14(7-11)25-10-16(22)23/h1-9H,10H2,(H,22,23)(H,20,21,24)/b15-8+. The van der Waals surface area contributed by atoms with E-state index in [4.69, 9.17) is 9.84 Å². The first kappa shape index (κ1) is 17.7. The van der Waals surface area contributed by atoms with Crippen LogP contribution < -0.4 is 10.1 Å². The molecule has 6 nitrogen and oxygen atoms in total. The van der Waals surface area contributed by atoms with E-state index in [0.717, 1.165) is 11.8 Å². The molecule has 0 aromatic heterocycles. The Kier molecular flexibility index (Phi) is 5.33. The van der Waals surface area contributed by atoms with Gasteiger partial charge < -0.3 is 15.2 Å². The number of nitrogens with zero attached hydrogens (tertiary/aromatic N) is 1. The van der Waals surface area contributed by atoms with Crippen LogP contribution in [0.2, 0.25) is 0 Å². The quantitative estimate of drug-likeness (QED) is 0.787. The van der Waals surface area contributed by atoms with Gasteiger partial charge in [0.25, 0.3) is 5.91 Å². The van der Waals surface area contributed by atoms with Crippen molar-refractivity contribution in [3.8, 4) is 5.75 Å². The zero-order valence-electron chi connectivity index (χ0n) is 13.3. The number of aliphatic carboxylic acids is 1. The molecular formula is C18H13FN2O4S. The Balaban J connectivity index is 1.76. The van der Waals surface area contributed by atoms with Crippen LogP contribution in [0.3, 0.4) is 0 Å². The number of hydrogen-bond acceptors (Lipinski definition) is 5. The van der Waals surface area contributed by atoms with Gasteiger partial charge in [-0.3, -0.25) is 4.79 Å². The van der Waals surface area contributed by atoms with Gasteiger partial charge in [0.2, 0.25) is 0 Å². The van der Waals surface area contributed by atoms with Gasteiger partial charge >= 0.3 is 5.97 Å². The highest BCUT2D eigenvalue weighted by molar-refractivity contribution is 8.18. The molecular weight excluding hydrogens is 359 g/mol. The Hall–Kier alpha value is -3.13. The minimum absolute atomic E-state index is 0.318. The van der Waals surface area contributed by atoms with Gasteiger partial charge in [-0.1, -0.05) is 18.2 Å². The van der Waals surface area contributed by atoms with E-state index in [2.05, 4.69) is 10.3 Å². The van der Waals surface area contributed by atoms with Crippen LogP contribution in [-0.4, -0.2) is 28.8 Å². The molecule has 2 N–H and O–H groups in total. The summed E-state index contributed by atoms with van der Waals surface area (Å²) < 4.78 is 18.3. The predicted molar refractivity (Wildman–Crippen MR) is 96.8 cm³/mol. The van der Waals surface area contributed by atoms with Crippen molar-refractivity contribution in [1.82, 2.24) is 5.32 Å². The SMILES string of the molecule is O=C(O)COc1cccc(/C=C2/SC(=Nc3cccc(F)c3)NC2=O)c1. The summed E-state index contributed by atoms with van der Waals surface area (Å²) in [4.78, 5) is 27.3. The molecule has 0 unspecified atom stereocenters. The van der Waals surface area contributed by atoms with Crippen LogP contribution in [0.1, 0.15) is 5.56 Å². The Bertz CT molecular complexity index is 927. The van der Waals surface area contributed by atoms with Crippen LogP contribution in [0.4, 0.5) is 10.1 Å². The van der Waals surface area contributed by atoms with E-state index in [9.17, 15) is 14.0 Å². The van der Waals surface area contributed by atoms with Crippen molar-refractivity contribution in [2.75, 3.05) is 6.61 Å². The van der Waals surface area contributed by atoms with Crippen LogP contribution in [0.5, 0.6) is 5.75 Å². The van der Waals surface area contributed by atoms with E-state index in [-0.39, 0.29) is 5.91 Å². The number of nitrogens with one attached hydrogen (secondary N) is 1. The van der Waals surface area contributed by atoms with E-state index >= 15 is 0 Å². The summed E-state index contributed by atoms with van der Waals surface area (Å²) in [5.74, 6) is -1.41. The largest absolute Gasteiger partial charge is 0.482 e. The van der Waals surface area contributed by atoms with Gasteiger partial charge in [0.05, 0.1) is 10.6 Å². The number of benzene rings is 2. The molecule has 0 saturated carbocycles. The number of amides is 1. The first-order valence-corrected chi connectivity index (χ1v) is 8.31. The van der Waals surface area contributed by atoms with Crippen LogP contribution in [0, 0.1) is 5.82 Å². The average molecular weight is 372 g/mol. The summed E-state index contributed by atoms with van der Waals surface area (Å²) >= 11 is 1.13. The van der Waals surface area contributed by atoms with Gasteiger partial charge in [0.1, 0.15) is 11.6 Å². The molecule has 2 aromatic carbocycles. The molecule has 1 amide bonds. The number of rotatable bonds is 5. The topological polar surface area (TPSA) is 88.0 Å². The monoisotopic (exact) mass is 372 g/mol. The first-order valence-electron chi connectivity index (χ1n) is 7.49. The number of halogens is 1. The predicted octanol–water partition coefficient (Wildman–Crippen LogP) is 3.18. The van der Waals surface area contributed by atoms with Crippen molar-refractivity contribution >= 4 is 40.6 Å². The smallest absolute Gasteiger partial charge is 0.341 e. The Morgan fingerprint density at radius 3 is 2.85 bits per heavy atom.